The molecular weight excluding hydrogens is 269 g/mol. The van der Waals surface area contributed by atoms with Crippen molar-refractivity contribution in [3.63, 3.8) is 0 Å². The predicted molar refractivity (Wildman–Crippen MR) is 58.2 cm³/mol. The maximum atomic E-state index is 11.8. The first-order valence-electron chi connectivity index (χ1n) is 5.61. The number of hydrogen-bond donors (Lipinski definition) is 3. The maximum Gasteiger partial charge on any atom is 0.471 e. The number of aliphatic carboxylic acids is 1. The standard InChI is InChI=1S/C10H15F3N2O4/c11-10(12,13)9(19)15-6-4-2-1-3-5-14-7(16)8(17)18/h1-6H2,(H,14,16)(H,15,19)(H,17,18). The van der Waals surface area contributed by atoms with Gasteiger partial charge in [0.1, 0.15) is 0 Å². The molecule has 0 rings (SSSR count). The number of carboxylic acids is 1. The molecule has 19 heavy (non-hydrogen) atoms. The van der Waals surface area contributed by atoms with E-state index in [2.05, 4.69) is 5.32 Å². The minimum absolute atomic E-state index is 0.0696. The lowest BCUT2D eigenvalue weighted by Gasteiger charge is -2.07. The number of halogens is 3. The van der Waals surface area contributed by atoms with Gasteiger partial charge in [-0.15, -0.1) is 0 Å². The maximum absolute atomic E-state index is 11.8. The third-order valence-electron chi connectivity index (χ3n) is 2.13. The number of rotatable bonds is 7. The smallest absolute Gasteiger partial charge is 0.471 e. The Bertz CT molecular complexity index is 331. The lowest BCUT2D eigenvalue weighted by molar-refractivity contribution is -0.173. The summed E-state index contributed by atoms with van der Waals surface area (Å²) in [5, 5.41) is 12.1. The number of carbonyl (C=O) groups is 3. The quantitative estimate of drug-likeness (QED) is 0.466. The van der Waals surface area contributed by atoms with Crippen LogP contribution in [0.4, 0.5) is 13.2 Å². The van der Waals surface area contributed by atoms with Crippen LogP contribution in [0, 0.1) is 0 Å². The Balaban J connectivity index is 3.40. The lowest BCUT2D eigenvalue weighted by atomic mass is 10.2. The Labute approximate surface area is 107 Å². The van der Waals surface area contributed by atoms with Crippen LogP contribution in [0.3, 0.4) is 0 Å². The van der Waals surface area contributed by atoms with Crippen molar-refractivity contribution in [2.24, 2.45) is 0 Å². The van der Waals surface area contributed by atoms with Crippen molar-refractivity contribution in [2.45, 2.75) is 31.9 Å². The van der Waals surface area contributed by atoms with Gasteiger partial charge in [0.05, 0.1) is 0 Å². The summed E-state index contributed by atoms with van der Waals surface area (Å²) < 4.78 is 35.3. The summed E-state index contributed by atoms with van der Waals surface area (Å²) in [6, 6.07) is 0. The SMILES string of the molecule is O=C(O)C(=O)NCCCCCCNC(=O)C(F)(F)F. The zero-order chi connectivity index (χ0) is 14.9. The Hall–Kier alpha value is -1.80. The first-order chi connectivity index (χ1) is 8.75. The van der Waals surface area contributed by atoms with Crippen molar-refractivity contribution in [2.75, 3.05) is 13.1 Å². The molecule has 0 aromatic carbocycles. The number of carboxylic acid groups (broad SMARTS) is 1. The van der Waals surface area contributed by atoms with Crippen LogP contribution in [0.1, 0.15) is 25.7 Å². The highest BCUT2D eigenvalue weighted by atomic mass is 19.4. The summed E-state index contributed by atoms with van der Waals surface area (Å²) in [5.74, 6) is -4.60. The lowest BCUT2D eigenvalue weighted by Crippen LogP contribution is -2.37. The van der Waals surface area contributed by atoms with Gasteiger partial charge in [-0.2, -0.15) is 13.2 Å². The molecule has 0 aliphatic heterocycles. The summed E-state index contributed by atoms with van der Waals surface area (Å²) >= 11 is 0. The molecule has 0 aromatic rings. The van der Waals surface area contributed by atoms with Crippen LogP contribution in [0.5, 0.6) is 0 Å². The van der Waals surface area contributed by atoms with Gasteiger partial charge in [-0.1, -0.05) is 12.8 Å². The summed E-state index contributed by atoms with van der Waals surface area (Å²) in [5.41, 5.74) is 0. The third kappa shape index (κ3) is 8.86. The van der Waals surface area contributed by atoms with Crippen LogP contribution in [0.15, 0.2) is 0 Å². The molecule has 6 nitrogen and oxygen atoms in total. The fourth-order valence-electron chi connectivity index (χ4n) is 1.18. The molecule has 0 heterocycles. The molecule has 0 fully saturated rings. The highest BCUT2D eigenvalue weighted by Crippen LogP contribution is 2.13. The van der Waals surface area contributed by atoms with E-state index in [1.165, 1.54) is 0 Å². The van der Waals surface area contributed by atoms with E-state index in [4.69, 9.17) is 5.11 Å². The van der Waals surface area contributed by atoms with E-state index in [0.29, 0.717) is 25.7 Å². The normalized spacial score (nSPS) is 10.9. The van der Waals surface area contributed by atoms with E-state index in [1.54, 1.807) is 5.32 Å². The third-order valence-corrected chi connectivity index (χ3v) is 2.13. The average molecular weight is 284 g/mol. The van der Waals surface area contributed by atoms with Crippen LogP contribution >= 0.6 is 0 Å². The molecule has 110 valence electrons. The number of alkyl halides is 3. The van der Waals surface area contributed by atoms with Gasteiger partial charge >= 0.3 is 24.0 Å². The van der Waals surface area contributed by atoms with E-state index < -0.39 is 24.0 Å². The van der Waals surface area contributed by atoms with E-state index in [-0.39, 0.29) is 13.1 Å². The molecule has 0 atom stereocenters. The van der Waals surface area contributed by atoms with Crippen molar-refractivity contribution < 1.29 is 32.7 Å². The van der Waals surface area contributed by atoms with Gasteiger partial charge in [-0.3, -0.25) is 9.59 Å². The number of amides is 2. The van der Waals surface area contributed by atoms with E-state index in [0.717, 1.165) is 0 Å². The molecule has 0 aliphatic rings. The number of carbonyl (C=O) groups excluding carboxylic acids is 2. The van der Waals surface area contributed by atoms with Gasteiger partial charge in [0.15, 0.2) is 0 Å². The zero-order valence-corrected chi connectivity index (χ0v) is 10.0. The molecule has 0 aliphatic carbocycles. The number of nitrogens with one attached hydrogen (secondary N) is 2. The summed E-state index contributed by atoms with van der Waals surface area (Å²) in [6.07, 6.45) is -2.77. The molecule has 0 unspecified atom stereocenters. The number of hydrogen-bond acceptors (Lipinski definition) is 3. The largest absolute Gasteiger partial charge is 0.474 e. The second kappa shape index (κ2) is 8.33. The number of unbranched alkanes of at least 4 members (excludes halogenated alkanes) is 3. The van der Waals surface area contributed by atoms with Crippen molar-refractivity contribution in [3.8, 4) is 0 Å². The van der Waals surface area contributed by atoms with Gasteiger partial charge in [-0.25, -0.2) is 4.79 Å². The molecule has 0 bridgehead atoms. The molecule has 0 saturated carbocycles. The second-order valence-electron chi connectivity index (χ2n) is 3.73. The van der Waals surface area contributed by atoms with Crippen molar-refractivity contribution in [3.05, 3.63) is 0 Å². The molecule has 9 heteroatoms. The predicted octanol–water partition coefficient (Wildman–Crippen LogP) is 0.426. The van der Waals surface area contributed by atoms with Gasteiger partial charge in [0, 0.05) is 13.1 Å². The van der Waals surface area contributed by atoms with Crippen molar-refractivity contribution in [1.82, 2.24) is 10.6 Å². The van der Waals surface area contributed by atoms with Gasteiger partial charge in [0.2, 0.25) is 0 Å². The fourth-order valence-corrected chi connectivity index (χ4v) is 1.18. The molecule has 0 spiro atoms. The fraction of sp³-hybridized carbons (Fsp3) is 0.700. The van der Waals surface area contributed by atoms with E-state index >= 15 is 0 Å². The molecule has 0 radical (unpaired) electrons. The van der Waals surface area contributed by atoms with Crippen molar-refractivity contribution in [1.29, 1.82) is 0 Å². The highest BCUT2D eigenvalue weighted by Gasteiger charge is 2.38. The van der Waals surface area contributed by atoms with Crippen molar-refractivity contribution >= 4 is 17.8 Å². The van der Waals surface area contributed by atoms with Gasteiger partial charge < -0.3 is 15.7 Å². The summed E-state index contributed by atoms with van der Waals surface area (Å²) in [7, 11) is 0. The van der Waals surface area contributed by atoms with Crippen LogP contribution < -0.4 is 10.6 Å². The minimum atomic E-state index is -4.86. The Morgan fingerprint density at radius 3 is 1.79 bits per heavy atom. The van der Waals surface area contributed by atoms with Crippen LogP contribution in [0.2, 0.25) is 0 Å². The van der Waals surface area contributed by atoms with Gasteiger partial charge in [-0.05, 0) is 12.8 Å². The topological polar surface area (TPSA) is 95.5 Å². The van der Waals surface area contributed by atoms with E-state index in [1.807, 2.05) is 0 Å². The van der Waals surface area contributed by atoms with Gasteiger partial charge in [0.25, 0.3) is 0 Å². The Morgan fingerprint density at radius 2 is 1.37 bits per heavy atom. The first kappa shape index (κ1) is 17.2. The minimum Gasteiger partial charge on any atom is -0.474 e. The Morgan fingerprint density at radius 1 is 0.895 bits per heavy atom. The molecule has 3 N–H and O–H groups in total. The molecule has 2 amide bonds. The molecule has 0 saturated heterocycles. The van der Waals surface area contributed by atoms with E-state index in [9.17, 15) is 27.6 Å². The summed E-state index contributed by atoms with van der Waals surface area (Å²) in [4.78, 5) is 31.1. The molecular formula is C10H15F3N2O4. The van der Waals surface area contributed by atoms with Crippen LogP contribution in [-0.4, -0.2) is 42.2 Å². The van der Waals surface area contributed by atoms with Crippen LogP contribution in [-0.2, 0) is 14.4 Å². The summed E-state index contributed by atoms with van der Waals surface area (Å²) in [6.45, 7) is 0.125. The second-order valence-corrected chi connectivity index (χ2v) is 3.73. The molecule has 0 aromatic heterocycles. The monoisotopic (exact) mass is 284 g/mol. The Kier molecular flexibility index (Phi) is 7.54. The average Bonchev–Trinajstić information content (AvgIpc) is 2.30. The van der Waals surface area contributed by atoms with Crippen LogP contribution in [0.25, 0.3) is 0 Å². The first-order valence-corrected chi connectivity index (χ1v) is 5.61. The highest BCUT2D eigenvalue weighted by molar-refractivity contribution is 6.31. The zero-order valence-electron chi connectivity index (χ0n) is 10.0.